The van der Waals surface area contributed by atoms with Crippen molar-refractivity contribution >= 4 is 40.7 Å². The molecule has 0 aliphatic carbocycles. The van der Waals surface area contributed by atoms with Crippen molar-refractivity contribution in [1.82, 2.24) is 4.90 Å². The number of amides is 2. The highest BCUT2D eigenvalue weighted by molar-refractivity contribution is 6.35. The summed E-state index contributed by atoms with van der Waals surface area (Å²) in [6.45, 7) is -0.319. The number of anilines is 1. The molecule has 152 valence electrons. The molecule has 1 aliphatic heterocycles. The zero-order valence-electron chi connectivity index (χ0n) is 15.3. The van der Waals surface area contributed by atoms with E-state index in [1.165, 1.54) is 65.6 Å². The third-order valence-electron chi connectivity index (χ3n) is 4.81. The zero-order valence-corrected chi connectivity index (χ0v) is 16.8. The van der Waals surface area contributed by atoms with Crippen LogP contribution in [-0.4, -0.2) is 23.3 Å². The van der Waals surface area contributed by atoms with Crippen LogP contribution in [0.1, 0.15) is 27.5 Å². The van der Waals surface area contributed by atoms with Crippen LogP contribution < -0.4 is 5.32 Å². The minimum Gasteiger partial charge on any atom is -0.324 e. The van der Waals surface area contributed by atoms with Gasteiger partial charge in [0, 0.05) is 16.3 Å². The van der Waals surface area contributed by atoms with Gasteiger partial charge >= 0.3 is 0 Å². The Morgan fingerprint density at radius 2 is 1.67 bits per heavy atom. The Hall–Kier alpha value is -2.96. The monoisotopic (exact) mass is 446 g/mol. The molecule has 3 aromatic rings. The predicted octanol–water partition coefficient (Wildman–Crippen LogP) is 5.46. The van der Waals surface area contributed by atoms with Gasteiger partial charge in [-0.25, -0.2) is 8.78 Å². The lowest BCUT2D eigenvalue weighted by Crippen LogP contribution is -2.39. The highest BCUT2D eigenvalue weighted by Gasteiger charge is 2.35. The van der Waals surface area contributed by atoms with Crippen LogP contribution in [0.3, 0.4) is 0 Å². The van der Waals surface area contributed by atoms with Gasteiger partial charge in [-0.05, 0) is 54.1 Å². The molecule has 0 saturated carbocycles. The van der Waals surface area contributed by atoms with Crippen molar-refractivity contribution in [2.75, 3.05) is 11.9 Å². The Balaban J connectivity index is 1.92. The third-order valence-corrected chi connectivity index (χ3v) is 5.38. The van der Waals surface area contributed by atoms with Gasteiger partial charge in [-0.3, -0.25) is 9.59 Å². The lowest BCUT2D eigenvalue weighted by atomic mass is 9.95. The maximum atomic E-state index is 14.1. The van der Waals surface area contributed by atoms with Crippen LogP contribution in [0.4, 0.5) is 14.5 Å². The van der Waals surface area contributed by atoms with E-state index in [9.17, 15) is 18.4 Å². The minimum absolute atomic E-state index is 0.101. The molecule has 0 fully saturated rings. The minimum atomic E-state index is -0.863. The van der Waals surface area contributed by atoms with Crippen molar-refractivity contribution in [3.63, 3.8) is 0 Å². The molecule has 1 aliphatic rings. The molecule has 1 heterocycles. The summed E-state index contributed by atoms with van der Waals surface area (Å²) >= 11 is 12.2. The van der Waals surface area contributed by atoms with Crippen LogP contribution >= 0.6 is 23.2 Å². The predicted molar refractivity (Wildman–Crippen MR) is 111 cm³/mol. The second-order valence-electron chi connectivity index (χ2n) is 6.79. The molecule has 0 radical (unpaired) electrons. The summed E-state index contributed by atoms with van der Waals surface area (Å²) in [5, 5.41) is 3.15. The Morgan fingerprint density at radius 1 is 0.967 bits per heavy atom. The van der Waals surface area contributed by atoms with E-state index in [1.54, 1.807) is 0 Å². The Labute approximate surface area is 181 Å². The molecule has 0 saturated heterocycles. The summed E-state index contributed by atoms with van der Waals surface area (Å²) < 4.78 is 27.7. The van der Waals surface area contributed by atoms with Crippen molar-refractivity contribution in [3.05, 3.63) is 99.0 Å². The fourth-order valence-corrected chi connectivity index (χ4v) is 3.86. The molecule has 30 heavy (non-hydrogen) atoms. The van der Waals surface area contributed by atoms with Gasteiger partial charge in [0.15, 0.2) is 0 Å². The van der Waals surface area contributed by atoms with E-state index < -0.39 is 29.5 Å². The average molecular weight is 447 g/mol. The van der Waals surface area contributed by atoms with E-state index in [1.807, 2.05) is 0 Å². The van der Waals surface area contributed by atoms with E-state index in [4.69, 9.17) is 23.2 Å². The van der Waals surface area contributed by atoms with Gasteiger partial charge in [0.1, 0.15) is 18.2 Å². The molecule has 4 rings (SSSR count). The summed E-state index contributed by atoms with van der Waals surface area (Å²) in [7, 11) is 0. The Morgan fingerprint density at radius 3 is 2.40 bits per heavy atom. The highest BCUT2D eigenvalue weighted by atomic mass is 35.5. The molecule has 1 atom stereocenters. The fraction of sp³-hybridized carbons (Fsp3) is 0.0909. The number of fused-ring (bicyclic) bond motifs is 1. The van der Waals surface area contributed by atoms with Gasteiger partial charge in [0.25, 0.3) is 5.91 Å². The first kappa shape index (κ1) is 20.3. The first-order valence-corrected chi connectivity index (χ1v) is 9.70. The smallest absolute Gasteiger partial charge is 0.256 e. The number of nitrogens with zero attached hydrogens (tertiary/aromatic N) is 1. The number of carbonyl (C=O) groups excluding carboxylic acids is 2. The van der Waals surface area contributed by atoms with Crippen molar-refractivity contribution in [2.24, 2.45) is 0 Å². The molecule has 3 aromatic carbocycles. The SMILES string of the molecule is O=C1CN(C(=O)c2cc(Cl)ccc2Cl)[C@@H](c2ccc(F)cc2)c2cc(F)ccc2N1. The molecule has 1 N–H and O–H groups in total. The average Bonchev–Trinajstić information content (AvgIpc) is 2.85. The fourth-order valence-electron chi connectivity index (χ4n) is 3.49. The Kier molecular flexibility index (Phi) is 5.45. The van der Waals surface area contributed by atoms with Gasteiger partial charge < -0.3 is 10.2 Å². The number of hydrogen-bond acceptors (Lipinski definition) is 2. The van der Waals surface area contributed by atoms with Crippen molar-refractivity contribution in [1.29, 1.82) is 0 Å². The lowest BCUT2D eigenvalue weighted by Gasteiger charge is -2.31. The van der Waals surface area contributed by atoms with Crippen molar-refractivity contribution in [3.8, 4) is 0 Å². The number of benzene rings is 3. The maximum Gasteiger partial charge on any atom is 0.256 e. The van der Waals surface area contributed by atoms with Gasteiger partial charge in [-0.2, -0.15) is 0 Å². The number of carbonyl (C=O) groups is 2. The standard InChI is InChI=1S/C22H14Cl2F2N2O2/c23-13-3-7-18(24)16(9-13)22(30)28-11-20(29)27-19-8-6-15(26)10-17(19)21(28)12-1-4-14(25)5-2-12/h1-10,21H,11H2,(H,27,29)/t21-/m0/s1. The molecule has 0 spiro atoms. The van der Waals surface area contributed by atoms with E-state index in [0.29, 0.717) is 21.8 Å². The normalized spacial score (nSPS) is 15.9. The van der Waals surface area contributed by atoms with Crippen molar-refractivity contribution < 1.29 is 18.4 Å². The summed E-state index contributed by atoms with van der Waals surface area (Å²) in [4.78, 5) is 27.3. The van der Waals surface area contributed by atoms with Crippen molar-refractivity contribution in [2.45, 2.75) is 6.04 Å². The van der Waals surface area contributed by atoms with Crippen LogP contribution in [0.2, 0.25) is 10.0 Å². The van der Waals surface area contributed by atoms with Crippen LogP contribution in [0.5, 0.6) is 0 Å². The lowest BCUT2D eigenvalue weighted by molar-refractivity contribution is -0.117. The molecule has 0 aromatic heterocycles. The highest BCUT2D eigenvalue weighted by Crippen LogP contribution is 2.38. The molecule has 0 bridgehead atoms. The first-order chi connectivity index (χ1) is 14.3. The number of rotatable bonds is 2. The second kappa shape index (κ2) is 8.05. The number of hydrogen-bond donors (Lipinski definition) is 1. The summed E-state index contributed by atoms with van der Waals surface area (Å²) in [6.07, 6.45) is 0. The summed E-state index contributed by atoms with van der Waals surface area (Å²) in [5.41, 5.74) is 1.33. The van der Waals surface area contributed by atoms with Gasteiger partial charge in [-0.1, -0.05) is 35.3 Å². The van der Waals surface area contributed by atoms with E-state index in [0.717, 1.165) is 0 Å². The van der Waals surface area contributed by atoms with Crippen LogP contribution in [-0.2, 0) is 4.79 Å². The maximum absolute atomic E-state index is 14.1. The first-order valence-electron chi connectivity index (χ1n) is 8.94. The molecule has 2 amide bonds. The largest absolute Gasteiger partial charge is 0.324 e. The van der Waals surface area contributed by atoms with Gasteiger partial charge in [0.05, 0.1) is 16.6 Å². The van der Waals surface area contributed by atoms with Crippen LogP contribution in [0, 0.1) is 11.6 Å². The topological polar surface area (TPSA) is 49.4 Å². The van der Waals surface area contributed by atoms with Gasteiger partial charge in [-0.15, -0.1) is 0 Å². The zero-order chi connectivity index (χ0) is 21.4. The number of halogens is 4. The molecular weight excluding hydrogens is 433 g/mol. The summed E-state index contributed by atoms with van der Waals surface area (Å²) in [5.74, 6) is -2.02. The quantitative estimate of drug-likeness (QED) is 0.568. The van der Waals surface area contributed by atoms with Crippen LogP contribution in [0.25, 0.3) is 0 Å². The van der Waals surface area contributed by atoms with E-state index >= 15 is 0 Å². The third kappa shape index (κ3) is 3.88. The van der Waals surface area contributed by atoms with E-state index in [2.05, 4.69) is 5.32 Å². The Bertz CT molecular complexity index is 1150. The summed E-state index contributed by atoms with van der Waals surface area (Å²) in [6, 6.07) is 12.9. The van der Waals surface area contributed by atoms with E-state index in [-0.39, 0.29) is 17.1 Å². The molecule has 0 unspecified atom stereocenters. The van der Waals surface area contributed by atoms with Gasteiger partial charge in [0.2, 0.25) is 5.91 Å². The molecule has 4 nitrogen and oxygen atoms in total. The molecule has 8 heteroatoms. The van der Waals surface area contributed by atoms with Crippen LogP contribution in [0.15, 0.2) is 60.7 Å². The number of nitrogens with one attached hydrogen (secondary N) is 1. The molecular formula is C22H14Cl2F2N2O2. The second-order valence-corrected chi connectivity index (χ2v) is 7.63.